The molecule has 1 nitrogen and oxygen atoms in total. The first-order valence-corrected chi connectivity index (χ1v) is 9.30. The van der Waals surface area contributed by atoms with E-state index in [-0.39, 0.29) is 0 Å². The van der Waals surface area contributed by atoms with Crippen LogP contribution in [0, 0.1) is 6.92 Å². The minimum atomic E-state index is -1.03. The van der Waals surface area contributed by atoms with Crippen molar-refractivity contribution in [1.29, 1.82) is 0 Å². The van der Waals surface area contributed by atoms with Crippen LogP contribution in [0.4, 0.5) is 0 Å². The zero-order valence-corrected chi connectivity index (χ0v) is 14.5. The molecule has 0 amide bonds. The van der Waals surface area contributed by atoms with E-state index in [1.807, 2.05) is 48.7 Å². The minimum Gasteiger partial charge on any atom is -0.250 e. The van der Waals surface area contributed by atoms with Gasteiger partial charge in [0, 0.05) is 10.3 Å². The number of unbranched alkanes of at least 4 members (excludes halogenated alkanes) is 2. The van der Waals surface area contributed by atoms with E-state index in [2.05, 4.69) is 36.4 Å². The van der Waals surface area contributed by atoms with Crippen LogP contribution in [0.25, 0.3) is 0 Å². The van der Waals surface area contributed by atoms with Crippen molar-refractivity contribution in [1.82, 2.24) is 0 Å². The molecule has 1 atom stereocenters. The first-order valence-electron chi connectivity index (χ1n) is 8.09. The highest BCUT2D eigenvalue weighted by molar-refractivity contribution is 7.88. The maximum absolute atomic E-state index is 12.2. The van der Waals surface area contributed by atoms with Crippen LogP contribution >= 0.6 is 0 Å². The number of hydrogen-bond donors (Lipinski definition) is 0. The monoisotopic (exact) mass is 324 g/mol. The van der Waals surface area contributed by atoms with E-state index in [1.54, 1.807) is 0 Å². The van der Waals surface area contributed by atoms with Crippen LogP contribution in [0.1, 0.15) is 30.4 Å². The lowest BCUT2D eigenvalue weighted by Crippen LogP contribution is -1.89. The summed E-state index contributed by atoms with van der Waals surface area (Å²) in [7, 11) is -1.03. The van der Waals surface area contributed by atoms with Crippen molar-refractivity contribution >= 4 is 10.8 Å². The van der Waals surface area contributed by atoms with Crippen LogP contribution < -0.4 is 0 Å². The molecule has 2 aromatic carbocycles. The first-order chi connectivity index (χ1) is 11.3. The third-order valence-electron chi connectivity index (χ3n) is 3.63. The molecule has 23 heavy (non-hydrogen) atoms. The largest absolute Gasteiger partial charge is 0.250 e. The van der Waals surface area contributed by atoms with Crippen LogP contribution in [-0.4, -0.2) is 4.21 Å². The topological polar surface area (TPSA) is 17.1 Å². The smallest absolute Gasteiger partial charge is 0.0775 e. The summed E-state index contributed by atoms with van der Waals surface area (Å²) in [6.07, 6.45) is 10.6. The molecule has 2 heteroatoms. The highest BCUT2D eigenvalue weighted by Crippen LogP contribution is 2.13. The van der Waals surface area contributed by atoms with E-state index in [0.717, 1.165) is 36.1 Å². The Labute approximate surface area is 142 Å². The van der Waals surface area contributed by atoms with E-state index in [1.165, 1.54) is 5.56 Å². The van der Waals surface area contributed by atoms with E-state index in [4.69, 9.17) is 0 Å². The highest BCUT2D eigenvalue weighted by atomic mass is 32.2. The molecular weight excluding hydrogens is 300 g/mol. The number of aryl methyl sites for hydroxylation is 1. The van der Waals surface area contributed by atoms with Crippen LogP contribution in [0.2, 0.25) is 0 Å². The van der Waals surface area contributed by atoms with Crippen LogP contribution in [-0.2, 0) is 17.2 Å². The molecule has 0 heterocycles. The molecule has 120 valence electrons. The third-order valence-corrected chi connectivity index (χ3v) is 4.97. The molecule has 0 aliphatic heterocycles. The molecule has 1 unspecified atom stereocenters. The Kier molecular flexibility index (Phi) is 7.55. The Morgan fingerprint density at radius 2 is 1.57 bits per heavy atom. The molecule has 2 rings (SSSR count). The van der Waals surface area contributed by atoms with Gasteiger partial charge < -0.3 is 0 Å². The van der Waals surface area contributed by atoms with Crippen molar-refractivity contribution in [2.24, 2.45) is 0 Å². The number of hydrogen-bond acceptors (Lipinski definition) is 1. The summed E-state index contributed by atoms with van der Waals surface area (Å²) in [5.74, 6) is 0. The van der Waals surface area contributed by atoms with E-state index in [0.29, 0.717) is 0 Å². The SMILES string of the molecule is Cc1ccccc1S(=O)C=CCCCC=CCc1ccccc1. The van der Waals surface area contributed by atoms with Gasteiger partial charge >= 0.3 is 0 Å². The van der Waals surface area contributed by atoms with Crippen molar-refractivity contribution in [2.45, 2.75) is 37.5 Å². The normalized spacial score (nSPS) is 12.9. The van der Waals surface area contributed by atoms with Gasteiger partial charge in [-0.15, -0.1) is 0 Å². The standard InChI is InChI=1S/C21H24OS/c1-19-13-10-11-17-21(19)23(22)18-12-5-3-2-4-7-14-20-15-8-6-9-16-20/h4,6-13,15-18H,2-3,5,14H2,1H3. The first kappa shape index (κ1) is 17.4. The predicted octanol–water partition coefficient (Wildman–Crippen LogP) is 5.59. The van der Waals surface area contributed by atoms with Gasteiger partial charge in [0.05, 0.1) is 10.8 Å². The van der Waals surface area contributed by atoms with Crippen LogP contribution in [0.5, 0.6) is 0 Å². The van der Waals surface area contributed by atoms with Gasteiger partial charge in [0.15, 0.2) is 0 Å². The Bertz CT molecular complexity index is 671. The summed E-state index contributed by atoms with van der Waals surface area (Å²) < 4.78 is 12.2. The van der Waals surface area contributed by atoms with Crippen LogP contribution in [0.15, 0.2) is 83.1 Å². The van der Waals surface area contributed by atoms with Gasteiger partial charge in [-0.3, -0.25) is 0 Å². The summed E-state index contributed by atoms with van der Waals surface area (Å²) >= 11 is 0. The van der Waals surface area contributed by atoms with Crippen molar-refractivity contribution in [3.8, 4) is 0 Å². The fraction of sp³-hybridized carbons (Fsp3) is 0.238. The number of benzene rings is 2. The predicted molar refractivity (Wildman–Crippen MR) is 99.9 cm³/mol. The molecular formula is C21H24OS. The van der Waals surface area contributed by atoms with Gasteiger partial charge in [0.25, 0.3) is 0 Å². The lowest BCUT2D eigenvalue weighted by Gasteiger charge is -2.00. The summed E-state index contributed by atoms with van der Waals surface area (Å²) in [5, 5.41) is 1.82. The van der Waals surface area contributed by atoms with Gasteiger partial charge in [-0.1, -0.05) is 66.8 Å². The number of allylic oxidation sites excluding steroid dienone is 3. The summed E-state index contributed by atoms with van der Waals surface area (Å²) in [4.78, 5) is 0.909. The third kappa shape index (κ3) is 6.37. The van der Waals surface area contributed by atoms with Gasteiger partial charge in [0.1, 0.15) is 0 Å². The molecule has 0 saturated heterocycles. The minimum absolute atomic E-state index is 0.909. The summed E-state index contributed by atoms with van der Waals surface area (Å²) in [5.41, 5.74) is 2.43. The fourth-order valence-corrected chi connectivity index (χ4v) is 3.37. The van der Waals surface area contributed by atoms with E-state index >= 15 is 0 Å². The molecule has 0 aromatic heterocycles. The molecule has 2 aromatic rings. The van der Waals surface area contributed by atoms with Gasteiger partial charge in [-0.25, -0.2) is 4.21 Å². The van der Waals surface area contributed by atoms with E-state index in [9.17, 15) is 4.21 Å². The molecule has 0 saturated carbocycles. The lowest BCUT2D eigenvalue weighted by molar-refractivity contribution is 0.688. The second-order valence-electron chi connectivity index (χ2n) is 5.53. The Morgan fingerprint density at radius 1 is 0.870 bits per heavy atom. The zero-order valence-electron chi connectivity index (χ0n) is 13.7. The molecule has 0 fully saturated rings. The molecule has 0 radical (unpaired) electrons. The summed E-state index contributed by atoms with van der Waals surface area (Å²) in [6.45, 7) is 2.00. The maximum atomic E-state index is 12.2. The van der Waals surface area contributed by atoms with Crippen molar-refractivity contribution in [2.75, 3.05) is 0 Å². The highest BCUT2D eigenvalue weighted by Gasteiger charge is 2.01. The molecule has 0 spiro atoms. The molecule has 0 aliphatic carbocycles. The van der Waals surface area contributed by atoms with Crippen LogP contribution in [0.3, 0.4) is 0 Å². The Morgan fingerprint density at radius 3 is 2.35 bits per heavy atom. The molecule has 0 aliphatic rings. The number of rotatable bonds is 8. The van der Waals surface area contributed by atoms with Crippen molar-refractivity contribution in [3.05, 3.63) is 89.4 Å². The second-order valence-corrected chi connectivity index (χ2v) is 6.83. The Hall–Kier alpha value is -1.93. The maximum Gasteiger partial charge on any atom is 0.0775 e. The quantitative estimate of drug-likeness (QED) is 0.457. The van der Waals surface area contributed by atoms with Gasteiger partial charge in [-0.05, 0) is 49.8 Å². The van der Waals surface area contributed by atoms with Gasteiger partial charge in [0.2, 0.25) is 0 Å². The van der Waals surface area contributed by atoms with Gasteiger partial charge in [-0.2, -0.15) is 0 Å². The average Bonchev–Trinajstić information content (AvgIpc) is 2.58. The average molecular weight is 324 g/mol. The summed E-state index contributed by atoms with van der Waals surface area (Å²) in [6, 6.07) is 18.3. The Balaban J connectivity index is 1.65. The fourth-order valence-electron chi connectivity index (χ4n) is 2.32. The second kappa shape index (κ2) is 9.96. The van der Waals surface area contributed by atoms with E-state index < -0.39 is 10.8 Å². The van der Waals surface area contributed by atoms with Crippen molar-refractivity contribution in [3.63, 3.8) is 0 Å². The zero-order chi connectivity index (χ0) is 16.3. The van der Waals surface area contributed by atoms with Crippen molar-refractivity contribution < 1.29 is 4.21 Å². The molecule has 0 bridgehead atoms. The molecule has 0 N–H and O–H groups in total. The lowest BCUT2D eigenvalue weighted by atomic mass is 10.1.